The number of rotatable bonds is 8. The first-order valence-corrected chi connectivity index (χ1v) is 13.8. The summed E-state index contributed by atoms with van der Waals surface area (Å²) in [5.41, 5.74) is 6.11. The lowest BCUT2D eigenvalue weighted by atomic mass is 10.1. The number of aromatic amines is 1. The molecule has 0 spiro atoms. The number of imidazole rings is 1. The number of nitrogens with zero attached hydrogens (tertiary/aromatic N) is 5. The zero-order valence-corrected chi connectivity index (χ0v) is 21.5. The molecule has 15 nitrogen and oxygen atoms in total. The summed E-state index contributed by atoms with van der Waals surface area (Å²) in [5.74, 6) is -0.719. The Kier molecular flexibility index (Phi) is 7.24. The number of aliphatic hydroxyl groups is 2. The van der Waals surface area contributed by atoms with E-state index >= 15 is 0 Å². The maximum absolute atomic E-state index is 12.8. The molecule has 0 bridgehead atoms. The summed E-state index contributed by atoms with van der Waals surface area (Å²) in [4.78, 5) is 49.0. The van der Waals surface area contributed by atoms with E-state index in [0.717, 1.165) is 0 Å². The van der Waals surface area contributed by atoms with Crippen LogP contribution >= 0.6 is 7.82 Å². The molecule has 0 aromatic carbocycles. The van der Waals surface area contributed by atoms with Crippen LogP contribution in [0, 0.1) is 18.8 Å². The largest absolute Gasteiger partial charge is 0.472 e. The molecule has 38 heavy (non-hydrogen) atoms. The van der Waals surface area contributed by atoms with E-state index in [1.165, 1.54) is 17.1 Å². The van der Waals surface area contributed by atoms with E-state index in [9.17, 15) is 29.3 Å². The van der Waals surface area contributed by atoms with Gasteiger partial charge >= 0.3 is 13.5 Å². The van der Waals surface area contributed by atoms with E-state index < -0.39 is 49.2 Å². The molecule has 0 aliphatic heterocycles. The molecule has 2 saturated carbocycles. The van der Waals surface area contributed by atoms with Gasteiger partial charge in [-0.3, -0.25) is 23.4 Å². The molecule has 3 aromatic rings. The quantitative estimate of drug-likeness (QED) is 0.234. The number of fused-ring (bicyclic) bond motifs is 1. The minimum atomic E-state index is -4.57. The number of hydrogen-bond donors (Lipinski definition) is 5. The number of nitrogens with one attached hydrogen (secondary N) is 1. The van der Waals surface area contributed by atoms with Crippen molar-refractivity contribution in [3.8, 4) is 0 Å². The standard InChI is InChI=1S/C22H30N7O8P/c1-11-6-28(22(33)27-21(11)32)15-2-12(7-30)17(5-15)37-38(34,35)36-8-13-3-14(4-16(13)31)29-10-26-18-19(23)24-9-25-20(18)29/h6,9-10,12-17,30-31H,2-5,7-8H2,1H3,(H,34,35)(H2,23,24,25)(H,27,32,33)/t12-,13-,14-,15-,16+,17+/m1/s1. The van der Waals surface area contributed by atoms with Gasteiger partial charge in [0.15, 0.2) is 11.5 Å². The van der Waals surface area contributed by atoms with Crippen molar-refractivity contribution in [2.45, 2.75) is 56.9 Å². The highest BCUT2D eigenvalue weighted by molar-refractivity contribution is 7.47. The van der Waals surface area contributed by atoms with Crippen molar-refractivity contribution in [3.63, 3.8) is 0 Å². The minimum Gasteiger partial charge on any atom is -0.396 e. The number of phosphoric ester groups is 1. The van der Waals surface area contributed by atoms with Gasteiger partial charge in [-0.2, -0.15) is 0 Å². The van der Waals surface area contributed by atoms with Gasteiger partial charge in [-0.25, -0.2) is 24.3 Å². The van der Waals surface area contributed by atoms with Crippen LogP contribution in [0.1, 0.15) is 43.3 Å². The fourth-order valence-corrected chi connectivity index (χ4v) is 6.51. The van der Waals surface area contributed by atoms with Gasteiger partial charge in [-0.1, -0.05) is 0 Å². The highest BCUT2D eigenvalue weighted by Crippen LogP contribution is 2.51. The first kappa shape index (κ1) is 26.7. The first-order chi connectivity index (χ1) is 18.1. The molecule has 5 rings (SSSR count). The van der Waals surface area contributed by atoms with Crippen LogP contribution in [0.25, 0.3) is 11.2 Å². The Balaban J connectivity index is 1.22. The highest BCUT2D eigenvalue weighted by Gasteiger charge is 2.42. The van der Waals surface area contributed by atoms with Gasteiger partial charge in [0, 0.05) is 42.3 Å². The van der Waals surface area contributed by atoms with E-state index in [-0.39, 0.29) is 31.5 Å². The van der Waals surface area contributed by atoms with Gasteiger partial charge in [-0.15, -0.1) is 0 Å². The summed E-state index contributed by atoms with van der Waals surface area (Å²) in [6, 6.07) is -0.620. The zero-order valence-electron chi connectivity index (χ0n) is 20.6. The average Bonchev–Trinajstić information content (AvgIpc) is 3.57. The minimum absolute atomic E-state index is 0.164. The maximum Gasteiger partial charge on any atom is 0.472 e. The third kappa shape index (κ3) is 5.17. The Morgan fingerprint density at radius 1 is 1.13 bits per heavy atom. The molecule has 2 fully saturated rings. The fraction of sp³-hybridized carbons (Fsp3) is 0.591. The van der Waals surface area contributed by atoms with E-state index in [0.29, 0.717) is 36.0 Å². The van der Waals surface area contributed by atoms with Gasteiger partial charge in [0.2, 0.25) is 0 Å². The topological polar surface area (TPSA) is 221 Å². The zero-order chi connectivity index (χ0) is 27.2. The molecule has 2 aliphatic carbocycles. The Morgan fingerprint density at radius 2 is 1.87 bits per heavy atom. The van der Waals surface area contributed by atoms with Crippen molar-refractivity contribution in [1.29, 1.82) is 0 Å². The van der Waals surface area contributed by atoms with Crippen LogP contribution in [0.15, 0.2) is 28.4 Å². The second-order valence-electron chi connectivity index (χ2n) is 9.99. The predicted molar refractivity (Wildman–Crippen MR) is 133 cm³/mol. The van der Waals surface area contributed by atoms with Crippen molar-refractivity contribution >= 4 is 24.8 Å². The molecule has 1 unspecified atom stereocenters. The maximum atomic E-state index is 12.8. The molecule has 3 aromatic heterocycles. The highest BCUT2D eigenvalue weighted by atomic mass is 31.2. The summed E-state index contributed by atoms with van der Waals surface area (Å²) >= 11 is 0. The van der Waals surface area contributed by atoms with Crippen molar-refractivity contribution in [3.05, 3.63) is 45.3 Å². The summed E-state index contributed by atoms with van der Waals surface area (Å²) in [7, 11) is -4.57. The van der Waals surface area contributed by atoms with Gasteiger partial charge in [-0.05, 0) is 32.6 Å². The van der Waals surface area contributed by atoms with E-state index in [1.807, 2.05) is 0 Å². The third-order valence-corrected chi connectivity index (χ3v) is 8.52. The number of phosphoric acid groups is 1. The monoisotopic (exact) mass is 551 g/mol. The number of aromatic nitrogens is 6. The molecule has 7 atom stereocenters. The van der Waals surface area contributed by atoms with Crippen LogP contribution < -0.4 is 17.0 Å². The number of aryl methyl sites for hydroxylation is 1. The van der Waals surface area contributed by atoms with Gasteiger partial charge in [0.05, 0.1) is 25.1 Å². The molecule has 0 saturated heterocycles. The molecule has 16 heteroatoms. The van der Waals surface area contributed by atoms with Crippen LogP contribution in [0.4, 0.5) is 5.82 Å². The van der Waals surface area contributed by atoms with Crippen molar-refractivity contribution in [2.24, 2.45) is 11.8 Å². The van der Waals surface area contributed by atoms with Crippen molar-refractivity contribution in [1.82, 2.24) is 29.1 Å². The Morgan fingerprint density at radius 3 is 2.63 bits per heavy atom. The van der Waals surface area contributed by atoms with E-state index in [1.54, 1.807) is 17.8 Å². The smallest absolute Gasteiger partial charge is 0.396 e. The Hall–Kier alpha value is -2.94. The Labute approximate surface area is 215 Å². The molecule has 2 aliphatic rings. The van der Waals surface area contributed by atoms with Crippen LogP contribution in [-0.2, 0) is 13.6 Å². The van der Waals surface area contributed by atoms with E-state index in [2.05, 4.69) is 19.9 Å². The van der Waals surface area contributed by atoms with Gasteiger partial charge in [0.1, 0.15) is 11.8 Å². The molecule has 3 heterocycles. The first-order valence-electron chi connectivity index (χ1n) is 12.3. The molecule has 0 radical (unpaired) electrons. The number of aliphatic hydroxyl groups excluding tert-OH is 2. The second kappa shape index (κ2) is 10.3. The molecular weight excluding hydrogens is 521 g/mol. The van der Waals surface area contributed by atoms with E-state index in [4.69, 9.17) is 14.8 Å². The predicted octanol–water partition coefficient (Wildman–Crippen LogP) is 0.0247. The average molecular weight is 551 g/mol. The lowest BCUT2D eigenvalue weighted by molar-refractivity contribution is 0.0428. The number of hydrogen-bond acceptors (Lipinski definition) is 11. The van der Waals surface area contributed by atoms with Crippen LogP contribution in [0.5, 0.6) is 0 Å². The molecular formula is C22H30N7O8P. The van der Waals surface area contributed by atoms with Crippen molar-refractivity contribution in [2.75, 3.05) is 18.9 Å². The Bertz CT molecular complexity index is 1490. The van der Waals surface area contributed by atoms with Gasteiger partial charge < -0.3 is 25.4 Å². The normalized spacial score (nSPS) is 29.2. The second-order valence-corrected chi connectivity index (χ2v) is 11.4. The van der Waals surface area contributed by atoms with Gasteiger partial charge in [0.25, 0.3) is 5.56 Å². The SMILES string of the molecule is Cc1cn([C@@H]2C[C@H](CO)[C@@H](OP(=O)(O)OC[C@H]3C[C@@H](n4cnc5c(N)ncnc54)C[C@@H]3O)C2)c(=O)[nH]c1=O. The van der Waals surface area contributed by atoms with Crippen molar-refractivity contribution < 1.29 is 28.7 Å². The summed E-state index contributed by atoms with van der Waals surface area (Å²) in [6.07, 6.45) is 3.97. The number of nitrogens with two attached hydrogens (primary N) is 1. The number of nitrogen functional groups attached to an aromatic ring is 1. The van der Waals surface area contributed by atoms with Crippen LogP contribution in [0.2, 0.25) is 0 Å². The number of H-pyrrole nitrogens is 1. The fourth-order valence-electron chi connectivity index (χ4n) is 5.47. The molecule has 0 amide bonds. The third-order valence-electron chi connectivity index (χ3n) is 7.51. The summed E-state index contributed by atoms with van der Waals surface area (Å²) in [5, 5.41) is 20.4. The van der Waals surface area contributed by atoms with Crippen LogP contribution in [-0.4, -0.2) is 69.6 Å². The lowest BCUT2D eigenvalue weighted by Crippen LogP contribution is -2.32. The molecule has 206 valence electrons. The summed E-state index contributed by atoms with van der Waals surface area (Å²) < 4.78 is 26.7. The molecule has 6 N–H and O–H groups in total. The number of anilines is 1. The lowest BCUT2D eigenvalue weighted by Gasteiger charge is -2.22. The van der Waals surface area contributed by atoms with Crippen LogP contribution in [0.3, 0.4) is 0 Å². The summed E-state index contributed by atoms with van der Waals surface area (Å²) in [6.45, 7) is 1.01.